The molecular formula is C14H9ClF3NOS. The van der Waals surface area contributed by atoms with Gasteiger partial charge in [-0.15, -0.1) is 11.8 Å². The van der Waals surface area contributed by atoms with Crippen LogP contribution in [0, 0.1) is 17.5 Å². The van der Waals surface area contributed by atoms with Crippen molar-refractivity contribution in [1.82, 2.24) is 0 Å². The summed E-state index contributed by atoms with van der Waals surface area (Å²) in [4.78, 5) is 12.4. The van der Waals surface area contributed by atoms with Crippen LogP contribution in [0.1, 0.15) is 0 Å². The SMILES string of the molecule is O=C(CSc1ccccc1Cl)Nc1ccc(F)c(F)c1F. The molecule has 110 valence electrons. The molecule has 0 heterocycles. The van der Waals surface area contributed by atoms with Crippen molar-refractivity contribution in [2.75, 3.05) is 11.1 Å². The molecule has 0 radical (unpaired) electrons. The van der Waals surface area contributed by atoms with Crippen molar-refractivity contribution in [2.24, 2.45) is 0 Å². The number of hydrogen-bond acceptors (Lipinski definition) is 2. The minimum Gasteiger partial charge on any atom is -0.323 e. The number of anilines is 1. The Morgan fingerprint density at radius 3 is 2.52 bits per heavy atom. The van der Waals surface area contributed by atoms with Crippen LogP contribution in [0.5, 0.6) is 0 Å². The predicted octanol–water partition coefficient (Wildman–Crippen LogP) is 4.49. The summed E-state index contributed by atoms with van der Waals surface area (Å²) in [6.45, 7) is 0. The average Bonchev–Trinajstić information content (AvgIpc) is 2.47. The highest BCUT2D eigenvalue weighted by molar-refractivity contribution is 8.00. The predicted molar refractivity (Wildman–Crippen MR) is 77.1 cm³/mol. The number of hydrogen-bond donors (Lipinski definition) is 1. The highest BCUT2D eigenvalue weighted by Gasteiger charge is 2.15. The molecule has 0 fully saturated rings. The average molecular weight is 332 g/mol. The van der Waals surface area contributed by atoms with Crippen molar-refractivity contribution in [1.29, 1.82) is 0 Å². The number of amides is 1. The smallest absolute Gasteiger partial charge is 0.234 e. The van der Waals surface area contributed by atoms with E-state index in [0.29, 0.717) is 9.92 Å². The Balaban J connectivity index is 2.00. The topological polar surface area (TPSA) is 29.1 Å². The minimum absolute atomic E-state index is 0.0395. The van der Waals surface area contributed by atoms with Gasteiger partial charge in [-0.25, -0.2) is 13.2 Å². The Kier molecular flexibility index (Phi) is 5.14. The van der Waals surface area contributed by atoms with Crippen molar-refractivity contribution in [2.45, 2.75) is 4.90 Å². The lowest BCUT2D eigenvalue weighted by Gasteiger charge is -2.07. The number of nitrogens with one attached hydrogen (secondary N) is 1. The van der Waals surface area contributed by atoms with Crippen LogP contribution in [-0.4, -0.2) is 11.7 Å². The molecule has 0 saturated carbocycles. The van der Waals surface area contributed by atoms with Crippen molar-refractivity contribution in [3.05, 3.63) is 58.9 Å². The number of rotatable bonds is 4. The number of carbonyl (C=O) groups is 1. The highest BCUT2D eigenvalue weighted by Crippen LogP contribution is 2.27. The van der Waals surface area contributed by atoms with Gasteiger partial charge in [0.15, 0.2) is 17.5 Å². The molecule has 7 heteroatoms. The van der Waals surface area contributed by atoms with Gasteiger partial charge in [-0.05, 0) is 24.3 Å². The van der Waals surface area contributed by atoms with Gasteiger partial charge in [0.1, 0.15) is 0 Å². The van der Waals surface area contributed by atoms with Gasteiger partial charge in [-0.2, -0.15) is 0 Å². The molecule has 2 rings (SSSR count). The zero-order valence-electron chi connectivity index (χ0n) is 10.5. The molecule has 21 heavy (non-hydrogen) atoms. The quantitative estimate of drug-likeness (QED) is 0.660. The lowest BCUT2D eigenvalue weighted by atomic mass is 10.3. The number of carbonyl (C=O) groups excluding carboxylic acids is 1. The first-order valence-electron chi connectivity index (χ1n) is 5.79. The standard InChI is InChI=1S/C14H9ClF3NOS/c15-8-3-1-2-4-11(8)21-7-12(20)19-10-6-5-9(16)13(17)14(10)18/h1-6H,7H2,(H,19,20). The summed E-state index contributed by atoms with van der Waals surface area (Å²) in [6, 6.07) is 8.64. The number of thioether (sulfide) groups is 1. The Morgan fingerprint density at radius 1 is 1.10 bits per heavy atom. The van der Waals surface area contributed by atoms with Crippen LogP contribution in [-0.2, 0) is 4.79 Å². The van der Waals surface area contributed by atoms with Gasteiger partial charge < -0.3 is 5.32 Å². The van der Waals surface area contributed by atoms with Crippen LogP contribution in [0.15, 0.2) is 41.3 Å². The van der Waals surface area contributed by atoms with E-state index in [0.717, 1.165) is 23.9 Å². The summed E-state index contributed by atoms with van der Waals surface area (Å²) in [7, 11) is 0. The lowest BCUT2D eigenvalue weighted by Crippen LogP contribution is -2.15. The first kappa shape index (κ1) is 15.7. The van der Waals surface area contributed by atoms with Crippen molar-refractivity contribution in [3.8, 4) is 0 Å². The maximum absolute atomic E-state index is 13.4. The summed E-state index contributed by atoms with van der Waals surface area (Å²) >= 11 is 7.08. The molecule has 0 aliphatic heterocycles. The molecule has 2 aromatic carbocycles. The normalized spacial score (nSPS) is 10.5. The van der Waals surface area contributed by atoms with Crippen molar-refractivity contribution < 1.29 is 18.0 Å². The summed E-state index contributed by atoms with van der Waals surface area (Å²) in [5.41, 5.74) is -0.404. The molecule has 0 spiro atoms. The third kappa shape index (κ3) is 3.92. The molecule has 0 aromatic heterocycles. The summed E-state index contributed by atoms with van der Waals surface area (Å²) in [5.74, 6) is -4.94. The van der Waals surface area contributed by atoms with E-state index in [1.165, 1.54) is 0 Å². The zero-order valence-corrected chi connectivity index (χ0v) is 12.1. The van der Waals surface area contributed by atoms with E-state index < -0.39 is 29.0 Å². The second-order valence-electron chi connectivity index (χ2n) is 3.99. The molecule has 0 saturated heterocycles. The highest BCUT2D eigenvalue weighted by atomic mass is 35.5. The molecule has 1 N–H and O–H groups in total. The molecule has 0 aliphatic carbocycles. The summed E-state index contributed by atoms with van der Waals surface area (Å²) in [6.07, 6.45) is 0. The first-order valence-corrected chi connectivity index (χ1v) is 7.16. The van der Waals surface area contributed by atoms with E-state index in [9.17, 15) is 18.0 Å². The fraction of sp³-hybridized carbons (Fsp3) is 0.0714. The van der Waals surface area contributed by atoms with Crippen LogP contribution in [0.25, 0.3) is 0 Å². The monoisotopic (exact) mass is 331 g/mol. The van der Waals surface area contributed by atoms with Crippen LogP contribution in [0.3, 0.4) is 0 Å². The van der Waals surface area contributed by atoms with Gasteiger partial charge >= 0.3 is 0 Å². The maximum atomic E-state index is 13.4. The van der Waals surface area contributed by atoms with Gasteiger partial charge in [0.25, 0.3) is 0 Å². The second-order valence-corrected chi connectivity index (χ2v) is 5.41. The van der Waals surface area contributed by atoms with E-state index in [4.69, 9.17) is 11.6 Å². The van der Waals surface area contributed by atoms with Gasteiger partial charge in [0.05, 0.1) is 16.5 Å². The van der Waals surface area contributed by atoms with Crippen molar-refractivity contribution in [3.63, 3.8) is 0 Å². The van der Waals surface area contributed by atoms with Crippen LogP contribution < -0.4 is 5.32 Å². The Hall–Kier alpha value is -1.66. The van der Waals surface area contributed by atoms with Crippen molar-refractivity contribution >= 4 is 35.0 Å². The third-order valence-corrected chi connectivity index (χ3v) is 4.02. The fourth-order valence-corrected chi connectivity index (χ4v) is 2.55. The molecule has 2 aromatic rings. The van der Waals surface area contributed by atoms with E-state index in [1.54, 1.807) is 24.3 Å². The summed E-state index contributed by atoms with van der Waals surface area (Å²) in [5, 5.41) is 2.68. The molecular weight excluding hydrogens is 323 g/mol. The lowest BCUT2D eigenvalue weighted by molar-refractivity contribution is -0.113. The Morgan fingerprint density at radius 2 is 1.81 bits per heavy atom. The van der Waals surface area contributed by atoms with E-state index in [-0.39, 0.29) is 5.75 Å². The first-order chi connectivity index (χ1) is 9.99. The zero-order chi connectivity index (χ0) is 15.4. The molecule has 0 atom stereocenters. The number of halogens is 4. The number of benzene rings is 2. The van der Waals surface area contributed by atoms with Gasteiger partial charge in [-0.3, -0.25) is 4.79 Å². The fourth-order valence-electron chi connectivity index (χ4n) is 1.51. The Labute approximate surface area is 128 Å². The molecule has 0 aliphatic rings. The molecule has 1 amide bonds. The van der Waals surface area contributed by atoms with Gasteiger partial charge in [-0.1, -0.05) is 23.7 Å². The maximum Gasteiger partial charge on any atom is 0.234 e. The second kappa shape index (κ2) is 6.87. The largest absolute Gasteiger partial charge is 0.323 e. The van der Waals surface area contributed by atoms with Crippen LogP contribution in [0.4, 0.5) is 18.9 Å². The van der Waals surface area contributed by atoms with E-state index in [2.05, 4.69) is 5.32 Å². The molecule has 2 nitrogen and oxygen atoms in total. The van der Waals surface area contributed by atoms with Gasteiger partial charge in [0.2, 0.25) is 5.91 Å². The van der Waals surface area contributed by atoms with Crippen LogP contribution in [0.2, 0.25) is 5.02 Å². The Bertz CT molecular complexity index is 681. The van der Waals surface area contributed by atoms with E-state index in [1.807, 2.05) is 0 Å². The van der Waals surface area contributed by atoms with Gasteiger partial charge in [0, 0.05) is 4.90 Å². The summed E-state index contributed by atoms with van der Waals surface area (Å²) < 4.78 is 39.2. The third-order valence-electron chi connectivity index (χ3n) is 2.50. The van der Waals surface area contributed by atoms with E-state index >= 15 is 0 Å². The van der Waals surface area contributed by atoms with Crippen LogP contribution >= 0.6 is 23.4 Å². The molecule has 0 unspecified atom stereocenters. The molecule has 0 bridgehead atoms. The minimum atomic E-state index is -1.62.